The quantitative estimate of drug-likeness (QED) is 0.701. The fourth-order valence-corrected chi connectivity index (χ4v) is 4.90. The molecule has 2 fully saturated rings. The summed E-state index contributed by atoms with van der Waals surface area (Å²) >= 11 is 0. The monoisotopic (exact) mass is 410 g/mol. The van der Waals surface area contributed by atoms with Gasteiger partial charge >= 0.3 is 0 Å². The fraction of sp³-hybridized carbons (Fsp3) is 0.409. The number of hydrogen-bond acceptors (Lipinski definition) is 4. The van der Waals surface area contributed by atoms with Crippen LogP contribution in [0.5, 0.6) is 0 Å². The third kappa shape index (κ3) is 2.86. The second-order valence-electron chi connectivity index (χ2n) is 8.37. The maximum Gasteiger partial charge on any atom is 0.230 e. The molecule has 2 bridgehead atoms. The number of imidazole rings is 1. The van der Waals surface area contributed by atoms with E-state index < -0.39 is 17.4 Å². The maximum atomic E-state index is 13.3. The van der Waals surface area contributed by atoms with Crippen LogP contribution in [-0.4, -0.2) is 56.5 Å². The molecule has 7 nitrogen and oxygen atoms in total. The van der Waals surface area contributed by atoms with Gasteiger partial charge in [-0.2, -0.15) is 0 Å². The first-order chi connectivity index (χ1) is 14.4. The molecule has 3 aliphatic heterocycles. The molecule has 0 saturated carbocycles. The number of ether oxygens (including phenoxy) is 1. The minimum absolute atomic E-state index is 0.0880. The average molecular weight is 410 g/mol. The highest BCUT2D eigenvalue weighted by Gasteiger charge is 2.67. The van der Waals surface area contributed by atoms with Crippen LogP contribution in [0.4, 0.5) is 4.39 Å². The second kappa shape index (κ2) is 6.77. The summed E-state index contributed by atoms with van der Waals surface area (Å²) in [6, 6.07) is 6.11. The summed E-state index contributed by atoms with van der Waals surface area (Å²) in [5.41, 5.74) is 0.0843. The first kappa shape index (κ1) is 19.0. The topological polar surface area (TPSA) is 67.7 Å². The van der Waals surface area contributed by atoms with E-state index in [1.165, 1.54) is 12.1 Å². The Balaban J connectivity index is 1.36. The summed E-state index contributed by atoms with van der Waals surface area (Å²) in [6.07, 6.45) is 6.98. The largest absolute Gasteiger partial charge is 0.360 e. The van der Waals surface area contributed by atoms with Gasteiger partial charge in [0.1, 0.15) is 17.2 Å². The standard InChI is InChI=1S/C22H23FN4O3/c1-25-10-9-24-17(25)12-26(2)20(28)18-16-7-8-22(30-16)13-27(21(29)19(18)22)11-14-3-5-15(23)6-4-14/h3-10,16,18-19H,11-13H2,1-2H3/t16-,18-,19-,22-/m0/s1. The minimum Gasteiger partial charge on any atom is -0.360 e. The van der Waals surface area contributed by atoms with Crippen LogP contribution in [0.1, 0.15) is 11.4 Å². The molecule has 8 heteroatoms. The van der Waals surface area contributed by atoms with Crippen LogP contribution in [-0.2, 0) is 34.5 Å². The SMILES string of the molecule is CN(Cc1nccn1C)C(=O)[C@H]1[C@@H]2C=C[C@@]3(CN(Cc4ccc(F)cc4)C(=O)[C@H]13)O2. The first-order valence-corrected chi connectivity index (χ1v) is 9.99. The number of aromatic nitrogens is 2. The van der Waals surface area contributed by atoms with Gasteiger partial charge in [0.05, 0.1) is 31.0 Å². The van der Waals surface area contributed by atoms with Gasteiger partial charge in [-0.05, 0) is 17.7 Å². The number of likely N-dealkylation sites (tertiary alicyclic amines) is 1. The van der Waals surface area contributed by atoms with E-state index in [1.807, 2.05) is 30.0 Å². The van der Waals surface area contributed by atoms with Gasteiger partial charge in [-0.3, -0.25) is 9.59 Å². The predicted octanol–water partition coefficient (Wildman–Crippen LogP) is 1.50. The highest BCUT2D eigenvalue weighted by molar-refractivity contribution is 5.93. The van der Waals surface area contributed by atoms with Crippen molar-refractivity contribution in [1.82, 2.24) is 19.4 Å². The Morgan fingerprint density at radius 2 is 2.13 bits per heavy atom. The van der Waals surface area contributed by atoms with Crippen LogP contribution in [0.2, 0.25) is 0 Å². The van der Waals surface area contributed by atoms with Gasteiger partial charge in [0.15, 0.2) is 0 Å². The number of halogens is 1. The Kier molecular flexibility index (Phi) is 4.28. The zero-order chi connectivity index (χ0) is 21.0. The number of amides is 2. The van der Waals surface area contributed by atoms with Crippen LogP contribution >= 0.6 is 0 Å². The lowest BCUT2D eigenvalue weighted by molar-refractivity contribution is -0.143. The van der Waals surface area contributed by atoms with Crippen molar-refractivity contribution in [3.63, 3.8) is 0 Å². The van der Waals surface area contributed by atoms with Crippen LogP contribution in [0.25, 0.3) is 0 Å². The van der Waals surface area contributed by atoms with Crippen LogP contribution < -0.4 is 0 Å². The van der Waals surface area contributed by atoms with Gasteiger partial charge in [0, 0.05) is 33.0 Å². The van der Waals surface area contributed by atoms with Crippen molar-refractivity contribution >= 4 is 11.8 Å². The van der Waals surface area contributed by atoms with Gasteiger partial charge in [0.2, 0.25) is 11.8 Å². The van der Waals surface area contributed by atoms with E-state index in [0.717, 1.165) is 11.4 Å². The van der Waals surface area contributed by atoms with E-state index in [4.69, 9.17) is 4.74 Å². The molecule has 0 aliphatic carbocycles. The van der Waals surface area contributed by atoms with E-state index in [0.29, 0.717) is 19.6 Å². The fourth-order valence-electron chi connectivity index (χ4n) is 4.90. The molecule has 2 amide bonds. The van der Waals surface area contributed by atoms with E-state index in [-0.39, 0.29) is 23.7 Å². The molecule has 4 atom stereocenters. The van der Waals surface area contributed by atoms with E-state index in [1.54, 1.807) is 35.2 Å². The van der Waals surface area contributed by atoms with Crippen molar-refractivity contribution in [1.29, 1.82) is 0 Å². The summed E-state index contributed by atoms with van der Waals surface area (Å²) in [7, 11) is 3.61. The van der Waals surface area contributed by atoms with Gasteiger partial charge in [-0.1, -0.05) is 24.3 Å². The molecule has 0 N–H and O–H groups in total. The van der Waals surface area contributed by atoms with Crippen LogP contribution in [0.3, 0.4) is 0 Å². The summed E-state index contributed by atoms with van der Waals surface area (Å²) in [5, 5.41) is 0. The minimum atomic E-state index is -0.758. The molecule has 1 spiro atoms. The lowest BCUT2D eigenvalue weighted by atomic mass is 9.76. The molecule has 30 heavy (non-hydrogen) atoms. The van der Waals surface area contributed by atoms with Gasteiger partial charge in [-0.15, -0.1) is 0 Å². The summed E-state index contributed by atoms with van der Waals surface area (Å²) in [5.74, 6) is -0.828. The van der Waals surface area contributed by atoms with Crippen LogP contribution in [0, 0.1) is 17.7 Å². The summed E-state index contributed by atoms with van der Waals surface area (Å²) in [4.78, 5) is 34.2. The second-order valence-corrected chi connectivity index (χ2v) is 8.37. The van der Waals surface area contributed by atoms with Crippen LogP contribution in [0.15, 0.2) is 48.8 Å². The number of nitrogens with zero attached hydrogens (tertiary/aromatic N) is 4. The van der Waals surface area contributed by atoms with Crippen molar-refractivity contribution < 1.29 is 18.7 Å². The Hall–Kier alpha value is -3.00. The zero-order valence-corrected chi connectivity index (χ0v) is 16.9. The molecule has 1 aromatic heterocycles. The van der Waals surface area contributed by atoms with Crippen molar-refractivity contribution in [2.45, 2.75) is 24.8 Å². The zero-order valence-electron chi connectivity index (χ0n) is 16.9. The Labute approximate surface area is 173 Å². The molecule has 0 radical (unpaired) electrons. The number of rotatable bonds is 5. The molecule has 1 aromatic carbocycles. The number of aryl methyl sites for hydroxylation is 1. The summed E-state index contributed by atoms with van der Waals surface area (Å²) in [6.45, 7) is 1.12. The molecular weight excluding hydrogens is 387 g/mol. The number of carbonyl (C=O) groups is 2. The molecule has 4 heterocycles. The van der Waals surface area contributed by atoms with Crippen molar-refractivity contribution in [2.75, 3.05) is 13.6 Å². The summed E-state index contributed by atoms with van der Waals surface area (Å²) < 4.78 is 21.3. The molecular formula is C22H23FN4O3. The highest BCUT2D eigenvalue weighted by Crippen LogP contribution is 2.52. The van der Waals surface area contributed by atoms with Gasteiger partial charge in [-0.25, -0.2) is 9.37 Å². The lowest BCUT2D eigenvalue weighted by Crippen LogP contribution is -2.44. The third-order valence-electron chi connectivity index (χ3n) is 6.43. The maximum absolute atomic E-state index is 13.3. The van der Waals surface area contributed by atoms with Gasteiger partial charge in [0.25, 0.3) is 0 Å². The lowest BCUT2D eigenvalue weighted by Gasteiger charge is -2.27. The normalized spacial score (nSPS) is 29.0. The van der Waals surface area contributed by atoms with Gasteiger partial charge < -0.3 is 19.1 Å². The average Bonchev–Trinajstić information content (AvgIpc) is 3.46. The van der Waals surface area contributed by atoms with Crippen molar-refractivity contribution in [3.8, 4) is 0 Å². The third-order valence-corrected chi connectivity index (χ3v) is 6.43. The first-order valence-electron chi connectivity index (χ1n) is 9.99. The number of fused-ring (bicyclic) bond motifs is 1. The number of hydrogen-bond donors (Lipinski definition) is 0. The molecule has 5 rings (SSSR count). The predicted molar refractivity (Wildman–Crippen MR) is 105 cm³/mol. The number of carbonyl (C=O) groups excluding carboxylic acids is 2. The smallest absolute Gasteiger partial charge is 0.230 e. The van der Waals surface area contributed by atoms with Crippen molar-refractivity contribution in [2.24, 2.45) is 18.9 Å². The van der Waals surface area contributed by atoms with E-state index in [2.05, 4.69) is 4.98 Å². The highest BCUT2D eigenvalue weighted by atomic mass is 19.1. The molecule has 2 aromatic rings. The van der Waals surface area contributed by atoms with Crippen molar-refractivity contribution in [3.05, 3.63) is 66.0 Å². The van der Waals surface area contributed by atoms with E-state index >= 15 is 0 Å². The number of benzene rings is 1. The Morgan fingerprint density at radius 3 is 2.83 bits per heavy atom. The molecule has 3 aliphatic rings. The Morgan fingerprint density at radius 1 is 1.37 bits per heavy atom. The van der Waals surface area contributed by atoms with E-state index in [9.17, 15) is 14.0 Å². The Bertz CT molecular complexity index is 1030. The molecule has 0 unspecified atom stereocenters. The molecule has 2 saturated heterocycles. The molecule has 156 valence electrons.